The van der Waals surface area contributed by atoms with Crippen LogP contribution in [0.3, 0.4) is 0 Å². The first-order valence-corrected chi connectivity index (χ1v) is 7.84. The highest BCUT2D eigenvalue weighted by Gasteiger charge is 2.07. The Morgan fingerprint density at radius 2 is 2.50 bits per heavy atom. The molecule has 0 aromatic carbocycles. The second-order valence-corrected chi connectivity index (χ2v) is 5.78. The van der Waals surface area contributed by atoms with E-state index in [9.17, 15) is 0 Å². The molecule has 0 aliphatic heterocycles. The van der Waals surface area contributed by atoms with Crippen LogP contribution in [0.4, 0.5) is 0 Å². The van der Waals surface area contributed by atoms with Crippen molar-refractivity contribution in [2.45, 2.75) is 19.9 Å². The van der Waals surface area contributed by atoms with Crippen LogP contribution in [0.15, 0.2) is 26.6 Å². The zero-order valence-corrected chi connectivity index (χ0v) is 12.0. The lowest BCUT2D eigenvalue weighted by molar-refractivity contribution is 0.572. The first-order chi connectivity index (χ1) is 8.79. The number of aromatic nitrogens is 2. The van der Waals surface area contributed by atoms with E-state index in [1.54, 1.807) is 18.0 Å². The highest BCUT2D eigenvalue weighted by molar-refractivity contribution is 7.99. The number of nitrogens with zero attached hydrogens (tertiary/aromatic N) is 3. The van der Waals surface area contributed by atoms with Gasteiger partial charge in [0.15, 0.2) is 0 Å². The lowest BCUT2D eigenvalue weighted by atomic mass is 10.4. The summed E-state index contributed by atoms with van der Waals surface area (Å²) < 4.78 is 5.36. The third-order valence-corrected chi connectivity index (χ3v) is 3.91. The summed E-state index contributed by atoms with van der Waals surface area (Å²) in [5, 5.41) is 1.91. The van der Waals surface area contributed by atoms with Crippen LogP contribution in [0.25, 0.3) is 11.6 Å². The maximum Gasteiger partial charge on any atom is 0.246 e. The van der Waals surface area contributed by atoms with Crippen molar-refractivity contribution < 1.29 is 4.42 Å². The van der Waals surface area contributed by atoms with Crippen molar-refractivity contribution in [1.82, 2.24) is 9.97 Å². The Bertz CT molecular complexity index is 493. The van der Waals surface area contributed by atoms with Crippen LogP contribution in [0.5, 0.6) is 0 Å². The minimum atomic E-state index is 0.300. The van der Waals surface area contributed by atoms with E-state index in [1.807, 2.05) is 17.1 Å². The fourth-order valence-corrected chi connectivity index (χ4v) is 2.51. The Morgan fingerprint density at radius 1 is 1.61 bits per heavy atom. The molecule has 0 saturated carbocycles. The summed E-state index contributed by atoms with van der Waals surface area (Å²) in [5.74, 6) is 2.70. The maximum atomic E-state index is 5.36. The van der Waals surface area contributed by atoms with Gasteiger partial charge in [-0.1, -0.05) is 6.92 Å². The molecule has 6 heteroatoms. The van der Waals surface area contributed by atoms with Crippen molar-refractivity contribution in [3.63, 3.8) is 0 Å². The molecule has 18 heavy (non-hydrogen) atoms. The van der Waals surface area contributed by atoms with Gasteiger partial charge in [-0.2, -0.15) is 11.8 Å². The van der Waals surface area contributed by atoms with Gasteiger partial charge in [0.25, 0.3) is 0 Å². The van der Waals surface area contributed by atoms with Gasteiger partial charge in [-0.3, -0.25) is 4.99 Å². The Hall–Kier alpha value is -1.14. The first-order valence-electron chi connectivity index (χ1n) is 5.74. The van der Waals surface area contributed by atoms with Gasteiger partial charge in [0.1, 0.15) is 17.7 Å². The van der Waals surface area contributed by atoms with Gasteiger partial charge in [-0.05, 0) is 12.7 Å². The van der Waals surface area contributed by atoms with Gasteiger partial charge in [-0.25, -0.2) is 9.97 Å². The van der Waals surface area contributed by atoms with Gasteiger partial charge in [0, 0.05) is 11.1 Å². The lowest BCUT2D eigenvalue weighted by Gasteiger charge is -2.02. The second kappa shape index (κ2) is 6.70. The number of hydrogen-bond acceptors (Lipinski definition) is 6. The summed E-state index contributed by atoms with van der Waals surface area (Å²) in [6.45, 7) is 4.25. The fraction of sp³-hybridized carbons (Fsp3) is 0.417. The Morgan fingerprint density at radius 3 is 3.22 bits per heavy atom. The molecule has 0 amide bonds. The Labute approximate surface area is 115 Å². The third-order valence-electron chi connectivity index (χ3n) is 2.20. The summed E-state index contributed by atoms with van der Waals surface area (Å²) in [7, 11) is 0. The lowest BCUT2D eigenvalue weighted by Crippen LogP contribution is -2.02. The molecule has 2 rings (SSSR count). The smallest absolute Gasteiger partial charge is 0.246 e. The highest BCUT2D eigenvalue weighted by Crippen LogP contribution is 2.17. The van der Waals surface area contributed by atoms with Crippen LogP contribution in [-0.4, -0.2) is 33.7 Å². The molecule has 1 unspecified atom stereocenters. The van der Waals surface area contributed by atoms with Gasteiger partial charge >= 0.3 is 0 Å². The molecule has 2 aromatic heterocycles. The van der Waals surface area contributed by atoms with E-state index in [2.05, 4.69) is 28.8 Å². The molecule has 0 bridgehead atoms. The highest BCUT2D eigenvalue weighted by atomic mass is 32.2. The zero-order valence-electron chi connectivity index (χ0n) is 10.4. The molecule has 2 aromatic rings. The summed E-state index contributed by atoms with van der Waals surface area (Å²) >= 11 is 3.41. The van der Waals surface area contributed by atoms with E-state index < -0.39 is 0 Å². The molecule has 0 fully saturated rings. The number of thiazole rings is 1. The number of hydrogen-bond donors (Lipinski definition) is 0. The SMILES string of the molecule is CCSCC(C)N=Cc1coc(-c2cscn2)n1. The molecule has 0 aliphatic carbocycles. The quantitative estimate of drug-likeness (QED) is 0.762. The number of oxazole rings is 1. The molecule has 2 heterocycles. The third kappa shape index (κ3) is 3.68. The molecular weight excluding hydrogens is 266 g/mol. The van der Waals surface area contributed by atoms with Gasteiger partial charge in [0.05, 0.1) is 17.8 Å². The van der Waals surface area contributed by atoms with Gasteiger partial charge in [0.2, 0.25) is 5.89 Å². The number of aliphatic imine (C=N–C) groups is 1. The van der Waals surface area contributed by atoms with Crippen LogP contribution in [0.1, 0.15) is 19.5 Å². The van der Waals surface area contributed by atoms with E-state index in [-0.39, 0.29) is 0 Å². The molecule has 0 aliphatic rings. The summed E-state index contributed by atoms with van der Waals surface area (Å²) in [5.41, 5.74) is 3.28. The Balaban J connectivity index is 1.96. The molecule has 1 atom stereocenters. The fourth-order valence-electron chi connectivity index (χ4n) is 1.32. The predicted octanol–water partition coefficient (Wildman–Crippen LogP) is 3.36. The van der Waals surface area contributed by atoms with Crippen molar-refractivity contribution >= 4 is 29.3 Å². The van der Waals surface area contributed by atoms with Crippen LogP contribution in [-0.2, 0) is 0 Å². The van der Waals surface area contributed by atoms with E-state index in [0.29, 0.717) is 11.9 Å². The van der Waals surface area contributed by atoms with Crippen molar-refractivity contribution in [2.24, 2.45) is 4.99 Å². The van der Waals surface area contributed by atoms with Crippen molar-refractivity contribution in [2.75, 3.05) is 11.5 Å². The van der Waals surface area contributed by atoms with Crippen LogP contribution >= 0.6 is 23.1 Å². The molecule has 96 valence electrons. The number of rotatable bonds is 6. The topological polar surface area (TPSA) is 51.3 Å². The molecule has 4 nitrogen and oxygen atoms in total. The van der Waals surface area contributed by atoms with E-state index in [1.165, 1.54) is 11.3 Å². The maximum absolute atomic E-state index is 5.36. The summed E-state index contributed by atoms with van der Waals surface area (Å²) in [4.78, 5) is 12.9. The van der Waals surface area contributed by atoms with E-state index in [0.717, 1.165) is 22.9 Å². The second-order valence-electron chi connectivity index (χ2n) is 3.74. The minimum Gasteiger partial charge on any atom is -0.443 e. The standard InChI is InChI=1S/C12H15N3OS2/c1-3-17-6-9(2)13-4-10-5-16-12(15-10)11-7-18-8-14-11/h4-5,7-9H,3,6H2,1-2H3. The predicted molar refractivity (Wildman–Crippen MR) is 77.7 cm³/mol. The normalized spacial score (nSPS) is 13.2. The summed E-state index contributed by atoms with van der Waals surface area (Å²) in [6.07, 6.45) is 3.37. The molecule has 0 radical (unpaired) electrons. The van der Waals surface area contributed by atoms with E-state index in [4.69, 9.17) is 4.42 Å². The average Bonchev–Trinajstić information content (AvgIpc) is 3.03. The van der Waals surface area contributed by atoms with Crippen LogP contribution in [0, 0.1) is 0 Å². The molecular formula is C12H15N3OS2. The van der Waals surface area contributed by atoms with Crippen molar-refractivity contribution in [1.29, 1.82) is 0 Å². The van der Waals surface area contributed by atoms with Crippen LogP contribution < -0.4 is 0 Å². The largest absolute Gasteiger partial charge is 0.443 e. The number of thioether (sulfide) groups is 1. The molecule has 0 N–H and O–H groups in total. The molecule has 0 spiro atoms. The first kappa shape index (κ1) is 13.3. The summed E-state index contributed by atoms with van der Waals surface area (Å²) in [6, 6.07) is 0.300. The average molecular weight is 281 g/mol. The van der Waals surface area contributed by atoms with Crippen molar-refractivity contribution in [3.8, 4) is 11.6 Å². The van der Waals surface area contributed by atoms with Gasteiger partial charge < -0.3 is 4.42 Å². The monoisotopic (exact) mass is 281 g/mol. The molecule has 0 saturated heterocycles. The van der Waals surface area contributed by atoms with Crippen molar-refractivity contribution in [3.05, 3.63) is 22.8 Å². The van der Waals surface area contributed by atoms with E-state index >= 15 is 0 Å². The van der Waals surface area contributed by atoms with Crippen LogP contribution in [0.2, 0.25) is 0 Å². The van der Waals surface area contributed by atoms with Gasteiger partial charge in [-0.15, -0.1) is 11.3 Å². The zero-order chi connectivity index (χ0) is 12.8. The Kier molecular flexibility index (Phi) is 4.95. The minimum absolute atomic E-state index is 0.300.